The third kappa shape index (κ3) is 2.32. The van der Waals surface area contributed by atoms with E-state index in [1.54, 1.807) is 0 Å². The summed E-state index contributed by atoms with van der Waals surface area (Å²) in [6.07, 6.45) is 2.59. The van der Waals surface area contributed by atoms with Crippen molar-refractivity contribution in [2.24, 2.45) is 9.98 Å². The SMILES string of the molecule is N#CN=c1c2sc3c(=NC#N)c4c(F)c(F)c(F)c(F)c4c3c2c2c(F)c(F)c(F)c(F)c12. The van der Waals surface area contributed by atoms with Crippen LogP contribution in [0.2, 0.25) is 0 Å². The number of hydrogen-bond acceptors (Lipinski definition) is 5. The van der Waals surface area contributed by atoms with Gasteiger partial charge in [0.25, 0.3) is 0 Å². The van der Waals surface area contributed by atoms with Gasteiger partial charge in [-0.2, -0.15) is 20.5 Å². The maximum absolute atomic E-state index is 14.8. The molecule has 0 aliphatic rings. The van der Waals surface area contributed by atoms with Gasteiger partial charge in [-0.15, -0.1) is 11.3 Å². The van der Waals surface area contributed by atoms with Gasteiger partial charge < -0.3 is 0 Å². The fraction of sp³-hybridized carbons (Fsp3) is 0. The van der Waals surface area contributed by atoms with Crippen LogP contribution < -0.4 is 10.7 Å². The lowest BCUT2D eigenvalue weighted by Crippen LogP contribution is -2.05. The van der Waals surface area contributed by atoms with Crippen molar-refractivity contribution in [2.75, 3.05) is 0 Å². The highest BCUT2D eigenvalue weighted by Crippen LogP contribution is 2.45. The zero-order chi connectivity index (χ0) is 23.9. The number of halogens is 8. The van der Waals surface area contributed by atoms with E-state index in [0.717, 1.165) is 0 Å². The number of rotatable bonds is 0. The number of fused-ring (bicyclic) bond motifs is 7. The lowest BCUT2D eigenvalue weighted by atomic mass is 10.1. The Hall–Kier alpha value is -4.10. The Kier molecular flexibility index (Phi) is 4.22. The first-order chi connectivity index (χ1) is 15.7. The van der Waals surface area contributed by atoms with E-state index in [9.17, 15) is 35.1 Å². The number of nitriles is 2. The molecule has 0 radical (unpaired) electrons. The molecular formula is C20F8N4S. The first-order valence-corrected chi connectivity index (χ1v) is 9.33. The molecule has 13 heteroatoms. The van der Waals surface area contributed by atoms with E-state index in [2.05, 4.69) is 9.98 Å². The fourth-order valence-electron chi connectivity index (χ4n) is 3.96. The number of hydrogen-bond donors (Lipinski definition) is 0. The van der Waals surface area contributed by atoms with E-state index in [1.807, 2.05) is 0 Å². The second-order valence-electron chi connectivity index (χ2n) is 6.64. The van der Waals surface area contributed by atoms with Crippen LogP contribution in [0.15, 0.2) is 9.98 Å². The quantitative estimate of drug-likeness (QED) is 0.134. The second kappa shape index (κ2) is 6.70. The molecule has 0 aliphatic carbocycles. The highest BCUT2D eigenvalue weighted by atomic mass is 32.1. The van der Waals surface area contributed by atoms with E-state index in [1.165, 1.54) is 12.4 Å². The lowest BCUT2D eigenvalue weighted by Gasteiger charge is -2.02. The molecule has 5 aromatic rings. The summed E-state index contributed by atoms with van der Waals surface area (Å²) < 4.78 is 114. The van der Waals surface area contributed by atoms with Crippen LogP contribution in [0.4, 0.5) is 35.1 Å². The second-order valence-corrected chi connectivity index (χ2v) is 7.66. The number of nitrogens with zero attached hydrogens (tertiary/aromatic N) is 4. The van der Waals surface area contributed by atoms with Gasteiger partial charge in [0.05, 0.1) is 20.2 Å². The molecule has 1 heterocycles. The van der Waals surface area contributed by atoms with Crippen molar-refractivity contribution in [3.05, 3.63) is 57.3 Å². The molecule has 1 aromatic heterocycles. The summed E-state index contributed by atoms with van der Waals surface area (Å²) in [6.45, 7) is 0. The summed E-state index contributed by atoms with van der Waals surface area (Å²) in [7, 11) is 0. The van der Waals surface area contributed by atoms with Gasteiger partial charge in [0, 0.05) is 21.5 Å². The summed E-state index contributed by atoms with van der Waals surface area (Å²) in [4.78, 5) is 6.64. The molecule has 0 saturated carbocycles. The largest absolute Gasteiger partial charge is 0.206 e. The summed E-state index contributed by atoms with van der Waals surface area (Å²) in [5.41, 5.74) is 0. The van der Waals surface area contributed by atoms with Crippen molar-refractivity contribution in [2.45, 2.75) is 0 Å². The molecule has 0 N–H and O–H groups in total. The highest BCUT2D eigenvalue weighted by Gasteiger charge is 2.32. The maximum atomic E-state index is 14.8. The Labute approximate surface area is 178 Å². The van der Waals surface area contributed by atoms with Crippen LogP contribution in [0.1, 0.15) is 0 Å². The number of benzene rings is 2. The monoisotopic (exact) mass is 480 g/mol. The van der Waals surface area contributed by atoms with Crippen LogP contribution >= 0.6 is 11.3 Å². The summed E-state index contributed by atoms with van der Waals surface area (Å²) in [5, 5.41) is 11.6. The first kappa shape index (κ1) is 20.8. The van der Waals surface area contributed by atoms with E-state index < -0.39 is 89.6 Å². The summed E-state index contributed by atoms with van der Waals surface area (Å²) >= 11 is 0.458. The Morgan fingerprint density at radius 3 is 1.06 bits per heavy atom. The van der Waals surface area contributed by atoms with E-state index in [-0.39, 0.29) is 9.40 Å². The topological polar surface area (TPSA) is 72.3 Å². The average molecular weight is 480 g/mol. The molecule has 0 atom stereocenters. The Morgan fingerprint density at radius 2 is 0.758 bits per heavy atom. The van der Waals surface area contributed by atoms with Gasteiger partial charge in [-0.1, -0.05) is 0 Å². The summed E-state index contributed by atoms with van der Waals surface area (Å²) in [6, 6.07) is 0. The van der Waals surface area contributed by atoms with E-state index >= 15 is 0 Å². The minimum Gasteiger partial charge on any atom is -0.203 e. The van der Waals surface area contributed by atoms with Gasteiger partial charge in [0.2, 0.25) is 12.4 Å². The predicted octanol–water partition coefficient (Wildman–Crippen LogP) is 5.11. The third-order valence-corrected chi connectivity index (χ3v) is 6.37. The fourth-order valence-corrected chi connectivity index (χ4v) is 5.26. The minimum absolute atomic E-state index is 0.305. The zero-order valence-corrected chi connectivity index (χ0v) is 16.0. The van der Waals surface area contributed by atoms with Crippen LogP contribution in [0.25, 0.3) is 41.7 Å². The number of thiophene rings is 1. The van der Waals surface area contributed by atoms with Crippen molar-refractivity contribution in [3.63, 3.8) is 0 Å². The third-order valence-electron chi connectivity index (χ3n) is 5.17. The van der Waals surface area contributed by atoms with Crippen molar-refractivity contribution in [1.29, 1.82) is 10.5 Å². The van der Waals surface area contributed by atoms with E-state index in [4.69, 9.17) is 10.5 Å². The molecule has 0 saturated heterocycles. The molecule has 33 heavy (non-hydrogen) atoms. The minimum atomic E-state index is -2.24. The smallest absolute Gasteiger partial charge is 0.203 e. The Balaban J connectivity index is 2.30. The lowest BCUT2D eigenvalue weighted by molar-refractivity contribution is 0.418. The molecule has 0 bridgehead atoms. The van der Waals surface area contributed by atoms with Gasteiger partial charge in [-0.3, -0.25) is 0 Å². The Bertz CT molecular complexity index is 1790. The van der Waals surface area contributed by atoms with Gasteiger partial charge >= 0.3 is 0 Å². The summed E-state index contributed by atoms with van der Waals surface area (Å²) in [5.74, 6) is -16.6. The zero-order valence-electron chi connectivity index (χ0n) is 15.2. The molecular weight excluding hydrogens is 480 g/mol. The maximum Gasteiger partial charge on any atom is 0.206 e. The van der Waals surface area contributed by atoms with E-state index in [0.29, 0.717) is 11.3 Å². The van der Waals surface area contributed by atoms with Crippen LogP contribution in [0.5, 0.6) is 0 Å². The van der Waals surface area contributed by atoms with Gasteiger partial charge in [-0.05, 0) is 0 Å². The van der Waals surface area contributed by atoms with Crippen LogP contribution in [0.3, 0.4) is 0 Å². The van der Waals surface area contributed by atoms with Crippen molar-refractivity contribution < 1.29 is 35.1 Å². The molecule has 0 unspecified atom stereocenters. The van der Waals surface area contributed by atoms with Crippen LogP contribution in [-0.4, -0.2) is 0 Å². The predicted molar refractivity (Wildman–Crippen MR) is 98.7 cm³/mol. The standard InChI is InChI=1S/C20F8N4S/c21-9-3-5-6-4-8(12(24)16(28)14(26)10(4)22)18(32-2-30)20(6)33-19(5)17(31-1-29)7(3)11(23)15(27)13(9)25. The highest BCUT2D eigenvalue weighted by molar-refractivity contribution is 7.26. The first-order valence-electron chi connectivity index (χ1n) is 8.51. The Morgan fingerprint density at radius 1 is 0.455 bits per heavy atom. The van der Waals surface area contributed by atoms with Crippen molar-refractivity contribution in [1.82, 2.24) is 0 Å². The van der Waals surface area contributed by atoms with Crippen LogP contribution in [0, 0.1) is 69.4 Å². The molecule has 0 spiro atoms. The van der Waals surface area contributed by atoms with Crippen molar-refractivity contribution >= 4 is 53.1 Å². The van der Waals surface area contributed by atoms with Crippen LogP contribution in [-0.2, 0) is 0 Å². The normalized spacial score (nSPS) is 13.2. The molecule has 4 aromatic carbocycles. The van der Waals surface area contributed by atoms with Gasteiger partial charge in [-0.25, -0.2) is 35.1 Å². The molecule has 4 nitrogen and oxygen atoms in total. The average Bonchev–Trinajstić information content (AvgIpc) is 3.41. The van der Waals surface area contributed by atoms with Gasteiger partial charge in [0.15, 0.2) is 46.5 Å². The van der Waals surface area contributed by atoms with Gasteiger partial charge in [0.1, 0.15) is 10.7 Å². The molecule has 162 valence electrons. The van der Waals surface area contributed by atoms with Crippen molar-refractivity contribution in [3.8, 4) is 12.4 Å². The molecule has 0 amide bonds. The molecule has 0 aliphatic heterocycles. The molecule has 0 fully saturated rings. The molecule has 5 rings (SSSR count).